The van der Waals surface area contributed by atoms with Crippen molar-refractivity contribution in [2.45, 2.75) is 17.2 Å². The Labute approximate surface area is 68.3 Å². The molecule has 0 heterocycles. The highest BCUT2D eigenvalue weighted by Gasteiger charge is 2.51. The van der Waals surface area contributed by atoms with Crippen LogP contribution >= 0.6 is 34.8 Å². The molecule has 1 saturated carbocycles. The molecule has 0 N–H and O–H groups in total. The van der Waals surface area contributed by atoms with E-state index in [9.17, 15) is 4.79 Å². The third-order valence-corrected chi connectivity index (χ3v) is 2.44. The highest BCUT2D eigenvalue weighted by molar-refractivity contribution is 6.63. The molecule has 1 rings (SSSR count). The van der Waals surface area contributed by atoms with Crippen molar-refractivity contribution in [1.29, 1.82) is 0 Å². The van der Waals surface area contributed by atoms with Gasteiger partial charge in [-0.2, -0.15) is 0 Å². The lowest BCUT2D eigenvalue weighted by Crippen LogP contribution is -1.94. The zero-order chi connectivity index (χ0) is 7.07. The normalized spacial score (nSPS) is 29.9. The van der Waals surface area contributed by atoms with Gasteiger partial charge in [0.1, 0.15) is 4.33 Å². The highest BCUT2D eigenvalue weighted by atomic mass is 35.5. The summed E-state index contributed by atoms with van der Waals surface area (Å²) in [6.45, 7) is 0. The smallest absolute Gasteiger partial charge is 0.222 e. The van der Waals surface area contributed by atoms with Crippen LogP contribution in [0, 0.1) is 5.92 Å². The summed E-state index contributed by atoms with van der Waals surface area (Å²) < 4.78 is -0.662. The molecule has 1 aliphatic rings. The van der Waals surface area contributed by atoms with Gasteiger partial charge in [-0.1, -0.05) is 0 Å². The minimum atomic E-state index is -0.662. The Morgan fingerprint density at radius 1 is 1.67 bits per heavy atom. The Hall–Kier alpha value is 0.540. The van der Waals surface area contributed by atoms with E-state index in [-0.39, 0.29) is 11.2 Å². The van der Waals surface area contributed by atoms with Gasteiger partial charge in [0, 0.05) is 12.3 Å². The predicted octanol–water partition coefficient (Wildman–Crippen LogP) is 2.34. The molecule has 0 spiro atoms. The number of hydrogen-bond donors (Lipinski definition) is 0. The van der Waals surface area contributed by atoms with E-state index in [4.69, 9.17) is 34.8 Å². The average molecular weight is 187 g/mol. The van der Waals surface area contributed by atoms with Crippen LogP contribution in [-0.4, -0.2) is 9.58 Å². The predicted molar refractivity (Wildman–Crippen MR) is 38.0 cm³/mol. The highest BCUT2D eigenvalue weighted by Crippen LogP contribution is 2.55. The number of halogens is 3. The molecule has 0 aliphatic heterocycles. The molecular weight excluding hydrogens is 182 g/mol. The van der Waals surface area contributed by atoms with Gasteiger partial charge in [-0.25, -0.2) is 0 Å². The van der Waals surface area contributed by atoms with Crippen molar-refractivity contribution >= 4 is 40.0 Å². The Morgan fingerprint density at radius 2 is 2.11 bits per heavy atom. The number of hydrogen-bond acceptors (Lipinski definition) is 1. The molecule has 1 aliphatic carbocycles. The molecule has 9 heavy (non-hydrogen) atoms. The molecular formula is C5H5Cl3O. The lowest BCUT2D eigenvalue weighted by molar-refractivity contribution is -0.112. The molecule has 52 valence electrons. The number of rotatable bonds is 2. The minimum Gasteiger partial charge on any atom is -0.281 e. The fourth-order valence-corrected chi connectivity index (χ4v) is 1.40. The van der Waals surface area contributed by atoms with Gasteiger partial charge in [0.05, 0.1) is 0 Å². The zero-order valence-electron chi connectivity index (χ0n) is 4.53. The lowest BCUT2D eigenvalue weighted by Gasteiger charge is -1.92. The van der Waals surface area contributed by atoms with Crippen LogP contribution < -0.4 is 0 Å². The van der Waals surface area contributed by atoms with E-state index in [0.29, 0.717) is 12.8 Å². The van der Waals surface area contributed by atoms with Crippen molar-refractivity contribution < 1.29 is 4.79 Å². The third-order valence-electron chi connectivity index (χ3n) is 1.36. The maximum absolute atomic E-state index is 10.2. The van der Waals surface area contributed by atoms with E-state index in [2.05, 4.69) is 0 Å². The molecule has 1 fully saturated rings. The summed E-state index contributed by atoms with van der Waals surface area (Å²) in [6, 6.07) is 0. The topological polar surface area (TPSA) is 17.1 Å². The monoisotopic (exact) mass is 186 g/mol. The first-order chi connectivity index (χ1) is 4.02. The van der Waals surface area contributed by atoms with Gasteiger partial charge in [0.2, 0.25) is 5.24 Å². The van der Waals surface area contributed by atoms with Crippen LogP contribution in [0.1, 0.15) is 12.8 Å². The molecule has 1 atom stereocenters. The van der Waals surface area contributed by atoms with Crippen LogP contribution in [-0.2, 0) is 4.79 Å². The second kappa shape index (κ2) is 2.30. The quantitative estimate of drug-likeness (QED) is 0.479. The van der Waals surface area contributed by atoms with Crippen LogP contribution in [0.25, 0.3) is 0 Å². The number of carbonyl (C=O) groups excluding carboxylic acids is 1. The first kappa shape index (κ1) is 7.64. The first-order valence-electron chi connectivity index (χ1n) is 2.58. The van der Waals surface area contributed by atoms with Gasteiger partial charge < -0.3 is 0 Å². The van der Waals surface area contributed by atoms with Crippen LogP contribution in [0.15, 0.2) is 0 Å². The van der Waals surface area contributed by atoms with Crippen LogP contribution in [0.2, 0.25) is 0 Å². The Bertz CT molecular complexity index is 143. The molecule has 0 saturated heterocycles. The summed E-state index contributed by atoms with van der Waals surface area (Å²) in [5.41, 5.74) is 0. The maximum atomic E-state index is 10.2. The zero-order valence-corrected chi connectivity index (χ0v) is 6.80. The molecule has 1 nitrogen and oxygen atoms in total. The van der Waals surface area contributed by atoms with E-state index in [0.717, 1.165) is 0 Å². The summed E-state index contributed by atoms with van der Waals surface area (Å²) >= 11 is 16.3. The number of alkyl halides is 2. The Kier molecular flexibility index (Phi) is 1.95. The van der Waals surface area contributed by atoms with E-state index < -0.39 is 4.33 Å². The number of carbonyl (C=O) groups is 1. The SMILES string of the molecule is O=C(Cl)CC1CC1(Cl)Cl. The molecule has 0 aromatic heterocycles. The second-order valence-corrected chi connectivity index (χ2v) is 4.19. The van der Waals surface area contributed by atoms with Gasteiger partial charge in [0.15, 0.2) is 0 Å². The van der Waals surface area contributed by atoms with Gasteiger partial charge >= 0.3 is 0 Å². The molecule has 0 radical (unpaired) electrons. The fraction of sp³-hybridized carbons (Fsp3) is 0.800. The van der Waals surface area contributed by atoms with Crippen molar-refractivity contribution in [1.82, 2.24) is 0 Å². The van der Waals surface area contributed by atoms with Gasteiger partial charge in [-0.3, -0.25) is 4.79 Å². The summed E-state index contributed by atoms with van der Waals surface area (Å²) in [6.07, 6.45) is 0.989. The van der Waals surface area contributed by atoms with Crippen molar-refractivity contribution in [3.8, 4) is 0 Å². The Balaban J connectivity index is 2.28. The summed E-state index contributed by atoms with van der Waals surface area (Å²) in [5, 5.41) is -0.358. The fourth-order valence-electron chi connectivity index (χ4n) is 0.685. The van der Waals surface area contributed by atoms with Crippen molar-refractivity contribution in [2.75, 3.05) is 0 Å². The van der Waals surface area contributed by atoms with E-state index in [1.54, 1.807) is 0 Å². The molecule has 0 aromatic carbocycles. The van der Waals surface area contributed by atoms with Crippen molar-refractivity contribution in [3.63, 3.8) is 0 Å². The van der Waals surface area contributed by atoms with Crippen molar-refractivity contribution in [2.24, 2.45) is 5.92 Å². The average Bonchev–Trinajstić information content (AvgIpc) is 2.10. The summed E-state index contributed by atoms with van der Waals surface area (Å²) in [4.78, 5) is 10.2. The summed E-state index contributed by atoms with van der Waals surface area (Å²) in [7, 11) is 0. The molecule has 0 bridgehead atoms. The largest absolute Gasteiger partial charge is 0.281 e. The van der Waals surface area contributed by atoms with E-state index >= 15 is 0 Å². The molecule has 4 heteroatoms. The molecule has 0 amide bonds. The van der Waals surface area contributed by atoms with Crippen LogP contribution in [0.4, 0.5) is 0 Å². The molecule has 0 aromatic rings. The van der Waals surface area contributed by atoms with Crippen molar-refractivity contribution in [3.05, 3.63) is 0 Å². The first-order valence-corrected chi connectivity index (χ1v) is 3.72. The third kappa shape index (κ3) is 1.99. The van der Waals surface area contributed by atoms with Crippen LogP contribution in [0.3, 0.4) is 0 Å². The molecule has 1 unspecified atom stereocenters. The van der Waals surface area contributed by atoms with E-state index in [1.165, 1.54) is 0 Å². The standard InChI is InChI=1S/C5H5Cl3O/c6-4(9)1-3-2-5(3,7)8/h3H,1-2H2. The summed E-state index contributed by atoms with van der Waals surface area (Å²) in [5.74, 6) is 0.0887. The van der Waals surface area contributed by atoms with E-state index in [1.807, 2.05) is 0 Å². The van der Waals surface area contributed by atoms with Gasteiger partial charge in [0.25, 0.3) is 0 Å². The maximum Gasteiger partial charge on any atom is 0.222 e. The Morgan fingerprint density at radius 3 is 2.22 bits per heavy atom. The second-order valence-electron chi connectivity index (χ2n) is 2.22. The van der Waals surface area contributed by atoms with Gasteiger partial charge in [-0.05, 0) is 18.0 Å². The minimum absolute atomic E-state index is 0.0887. The van der Waals surface area contributed by atoms with Gasteiger partial charge in [-0.15, -0.1) is 23.2 Å². The lowest BCUT2D eigenvalue weighted by atomic mass is 10.3. The van der Waals surface area contributed by atoms with Crippen LogP contribution in [0.5, 0.6) is 0 Å².